The number of aromatic nitrogens is 2. The van der Waals surface area contributed by atoms with Crippen LogP contribution in [-0.4, -0.2) is 40.7 Å². The molecule has 2 aromatic rings. The van der Waals surface area contributed by atoms with Crippen molar-refractivity contribution in [2.45, 2.75) is 101 Å². The van der Waals surface area contributed by atoms with Gasteiger partial charge in [-0.3, -0.25) is 9.97 Å². The number of carbonyl (C=O) groups is 1. The van der Waals surface area contributed by atoms with Crippen LogP contribution in [0.15, 0.2) is 30.6 Å². The molecule has 5 heteroatoms. The molecule has 1 saturated heterocycles. The van der Waals surface area contributed by atoms with E-state index in [1.807, 2.05) is 85.7 Å². The smallest absolute Gasteiger partial charge is 0.409 e. The third-order valence-electron chi connectivity index (χ3n) is 5.85. The number of likely N-dealkylation sites (tertiary alicyclic amines) is 1. The lowest BCUT2D eigenvalue weighted by Crippen LogP contribution is -2.40. The Labute approximate surface area is 215 Å². The van der Waals surface area contributed by atoms with Crippen LogP contribution in [-0.2, 0) is 17.6 Å². The van der Waals surface area contributed by atoms with Crippen molar-refractivity contribution in [3.05, 3.63) is 58.7 Å². The number of rotatable bonds is 2. The average Bonchev–Trinajstić information content (AvgIpc) is 3.10. The van der Waals surface area contributed by atoms with E-state index in [1.165, 1.54) is 28.1 Å². The van der Waals surface area contributed by atoms with Gasteiger partial charge in [0.2, 0.25) is 0 Å². The van der Waals surface area contributed by atoms with Gasteiger partial charge in [-0.05, 0) is 68.2 Å². The van der Waals surface area contributed by atoms with E-state index in [2.05, 4.69) is 19.1 Å². The summed E-state index contributed by atoms with van der Waals surface area (Å²) in [6, 6.07) is 6.53. The van der Waals surface area contributed by atoms with Gasteiger partial charge < -0.3 is 9.64 Å². The lowest BCUT2D eigenvalue weighted by Gasteiger charge is -2.35. The van der Waals surface area contributed by atoms with Gasteiger partial charge in [0.1, 0.15) is 0 Å². The number of carbonyl (C=O) groups excluding carboxylic acids is 1. The highest BCUT2D eigenvalue weighted by atomic mass is 16.6. The van der Waals surface area contributed by atoms with Gasteiger partial charge in [0.25, 0.3) is 0 Å². The molecule has 2 aliphatic rings. The number of piperidine rings is 1. The first kappa shape index (κ1) is 32.6. The van der Waals surface area contributed by atoms with Crippen LogP contribution in [0, 0.1) is 12.8 Å². The second kappa shape index (κ2) is 18.8. The highest BCUT2D eigenvalue weighted by Crippen LogP contribution is 2.41. The average molecular weight is 486 g/mol. The minimum Gasteiger partial charge on any atom is -0.450 e. The summed E-state index contributed by atoms with van der Waals surface area (Å²) in [7, 11) is 0. The lowest BCUT2D eigenvalue weighted by molar-refractivity contribution is 0.0898. The van der Waals surface area contributed by atoms with Gasteiger partial charge in [0.05, 0.1) is 18.0 Å². The fourth-order valence-electron chi connectivity index (χ4n) is 4.54. The van der Waals surface area contributed by atoms with Crippen molar-refractivity contribution < 1.29 is 9.53 Å². The summed E-state index contributed by atoms with van der Waals surface area (Å²) in [5.74, 6) is 0.653. The summed E-state index contributed by atoms with van der Waals surface area (Å²) >= 11 is 0. The normalized spacial score (nSPS) is 15.9. The predicted octanol–water partition coefficient (Wildman–Crippen LogP) is 7.99. The highest BCUT2D eigenvalue weighted by Gasteiger charge is 2.35. The number of hydrogen-bond acceptors (Lipinski definition) is 4. The summed E-state index contributed by atoms with van der Waals surface area (Å²) < 4.78 is 5.17. The Bertz CT molecular complexity index is 830. The van der Waals surface area contributed by atoms with E-state index < -0.39 is 0 Å². The fraction of sp³-hybridized carbons (Fsp3) is 0.633. The fourth-order valence-corrected chi connectivity index (χ4v) is 4.54. The van der Waals surface area contributed by atoms with Crippen molar-refractivity contribution in [2.24, 2.45) is 5.92 Å². The van der Waals surface area contributed by atoms with Crippen LogP contribution in [0.4, 0.5) is 4.79 Å². The van der Waals surface area contributed by atoms with E-state index in [-0.39, 0.29) is 12.0 Å². The Hall–Kier alpha value is -2.43. The summed E-state index contributed by atoms with van der Waals surface area (Å²) in [6.07, 6.45) is 7.62. The third kappa shape index (κ3) is 8.94. The number of aryl methyl sites for hydroxylation is 3. The van der Waals surface area contributed by atoms with Crippen molar-refractivity contribution in [3.8, 4) is 0 Å². The first-order chi connectivity index (χ1) is 17.2. The van der Waals surface area contributed by atoms with E-state index in [4.69, 9.17) is 14.7 Å². The molecule has 0 radical (unpaired) electrons. The minimum absolute atomic E-state index is 0.190. The van der Waals surface area contributed by atoms with Gasteiger partial charge in [-0.2, -0.15) is 0 Å². The maximum Gasteiger partial charge on any atom is 0.409 e. The van der Waals surface area contributed by atoms with Crippen molar-refractivity contribution in [3.63, 3.8) is 0 Å². The first-order valence-electron chi connectivity index (χ1n) is 14.0. The summed E-state index contributed by atoms with van der Waals surface area (Å²) in [5.41, 5.74) is 6.27. The Kier molecular flexibility index (Phi) is 17.5. The van der Waals surface area contributed by atoms with E-state index in [9.17, 15) is 4.79 Å². The van der Waals surface area contributed by atoms with Crippen LogP contribution in [0.1, 0.15) is 109 Å². The molecule has 1 fully saturated rings. The van der Waals surface area contributed by atoms with E-state index in [0.29, 0.717) is 12.5 Å². The van der Waals surface area contributed by atoms with Crippen molar-refractivity contribution in [1.82, 2.24) is 14.9 Å². The molecule has 1 atom stereocenters. The number of nitrogens with zero attached hydrogens (tertiary/aromatic N) is 3. The van der Waals surface area contributed by atoms with Crippen molar-refractivity contribution >= 4 is 6.09 Å². The predicted molar refractivity (Wildman–Crippen MR) is 149 cm³/mol. The Morgan fingerprint density at radius 1 is 0.943 bits per heavy atom. The molecule has 35 heavy (non-hydrogen) atoms. The first-order valence-corrected chi connectivity index (χ1v) is 14.0. The van der Waals surface area contributed by atoms with Crippen LogP contribution in [0.2, 0.25) is 0 Å². The van der Waals surface area contributed by atoms with Gasteiger partial charge in [-0.15, -0.1) is 0 Å². The SMILES string of the molecule is CC.CC.CC.CC.CCOC(=O)N1CCC(C2c3ncccc3CCc3cc(C)cnc32)CC1. The number of amides is 1. The van der Waals surface area contributed by atoms with Crippen molar-refractivity contribution in [2.75, 3.05) is 19.7 Å². The molecule has 4 rings (SSSR count). The standard InChI is InChI=1S/C22H27N3O2.4C2H6/c1-3-27-22(26)25-11-8-16(9-12-25)19-20-17(5-4-10-23-20)6-7-18-13-15(2)14-24-21(18)19;4*1-2/h4-5,10,13-14,16,19H,3,6-9,11-12H2,1-2H3;4*1-2H3. The molecule has 1 unspecified atom stereocenters. The van der Waals surface area contributed by atoms with Gasteiger partial charge in [-0.25, -0.2) is 4.79 Å². The Morgan fingerprint density at radius 3 is 2.11 bits per heavy atom. The molecule has 0 saturated carbocycles. The maximum atomic E-state index is 12.0. The van der Waals surface area contributed by atoms with Gasteiger partial charge in [-0.1, -0.05) is 67.5 Å². The largest absolute Gasteiger partial charge is 0.450 e. The second-order valence-electron chi connectivity index (χ2n) is 7.61. The topological polar surface area (TPSA) is 55.3 Å². The molecule has 1 amide bonds. The zero-order valence-corrected chi connectivity index (χ0v) is 24.1. The maximum absolute atomic E-state index is 12.0. The summed E-state index contributed by atoms with van der Waals surface area (Å²) in [5, 5.41) is 0. The van der Waals surface area contributed by atoms with Crippen molar-refractivity contribution in [1.29, 1.82) is 0 Å². The summed E-state index contributed by atoms with van der Waals surface area (Å²) in [6.45, 7) is 21.9. The minimum atomic E-state index is -0.190. The van der Waals surface area contributed by atoms with Crippen LogP contribution >= 0.6 is 0 Å². The Morgan fingerprint density at radius 2 is 1.51 bits per heavy atom. The molecule has 3 heterocycles. The van der Waals surface area contributed by atoms with Crippen LogP contribution in [0.25, 0.3) is 0 Å². The molecule has 0 N–H and O–H groups in total. The summed E-state index contributed by atoms with van der Waals surface area (Å²) in [4.78, 5) is 23.6. The molecule has 1 aliphatic heterocycles. The molecule has 0 spiro atoms. The zero-order chi connectivity index (χ0) is 26.8. The number of pyridine rings is 2. The van der Waals surface area contributed by atoms with E-state index in [1.54, 1.807) is 0 Å². The quantitative estimate of drug-likeness (QED) is 0.432. The molecular weight excluding hydrogens is 434 g/mol. The van der Waals surface area contributed by atoms with E-state index in [0.717, 1.165) is 38.8 Å². The van der Waals surface area contributed by atoms with Crippen LogP contribution < -0.4 is 0 Å². The second-order valence-corrected chi connectivity index (χ2v) is 7.61. The molecule has 198 valence electrons. The molecule has 2 aromatic heterocycles. The lowest BCUT2D eigenvalue weighted by atomic mass is 9.78. The number of fused-ring (bicyclic) bond motifs is 2. The van der Waals surface area contributed by atoms with E-state index >= 15 is 0 Å². The third-order valence-corrected chi connectivity index (χ3v) is 5.85. The monoisotopic (exact) mass is 485 g/mol. The number of hydrogen-bond donors (Lipinski definition) is 0. The van der Waals surface area contributed by atoms with Gasteiger partial charge in [0.15, 0.2) is 0 Å². The zero-order valence-electron chi connectivity index (χ0n) is 24.1. The van der Waals surface area contributed by atoms with Gasteiger partial charge >= 0.3 is 6.09 Å². The van der Waals surface area contributed by atoms with Crippen LogP contribution in [0.3, 0.4) is 0 Å². The molecule has 5 nitrogen and oxygen atoms in total. The number of ether oxygens (including phenoxy) is 1. The highest BCUT2D eigenvalue weighted by molar-refractivity contribution is 5.67. The Balaban J connectivity index is 0.00000132. The molecule has 0 bridgehead atoms. The molecular formula is C30H51N3O2. The molecule has 0 aromatic carbocycles. The molecule has 1 aliphatic carbocycles. The van der Waals surface area contributed by atoms with Gasteiger partial charge in [0, 0.05) is 31.4 Å². The van der Waals surface area contributed by atoms with Crippen LogP contribution in [0.5, 0.6) is 0 Å².